The predicted octanol–water partition coefficient (Wildman–Crippen LogP) is 3.22. The molecule has 3 nitrogen and oxygen atoms in total. The summed E-state index contributed by atoms with van der Waals surface area (Å²) in [6, 6.07) is 4.55. The van der Waals surface area contributed by atoms with E-state index in [1.165, 1.54) is 41.9 Å². The van der Waals surface area contributed by atoms with Crippen LogP contribution in [0.25, 0.3) is 11.0 Å². The molecule has 3 heteroatoms. The monoisotopic (exact) mass is 271 g/mol. The first-order chi connectivity index (χ1) is 9.69. The van der Waals surface area contributed by atoms with E-state index < -0.39 is 0 Å². The van der Waals surface area contributed by atoms with Gasteiger partial charge in [-0.25, -0.2) is 4.98 Å². The molecule has 1 aromatic carbocycles. The molecular weight excluding hydrogens is 246 g/mol. The summed E-state index contributed by atoms with van der Waals surface area (Å²) in [5, 5.41) is 3.52. The molecule has 1 aliphatic rings. The van der Waals surface area contributed by atoms with Gasteiger partial charge in [-0.05, 0) is 69.0 Å². The number of imidazole rings is 1. The molecule has 0 saturated carbocycles. The van der Waals surface area contributed by atoms with E-state index in [1.807, 2.05) is 0 Å². The lowest BCUT2D eigenvalue weighted by molar-refractivity contribution is 0.337. The van der Waals surface area contributed by atoms with Gasteiger partial charge in [0.1, 0.15) is 5.82 Å². The quantitative estimate of drug-likeness (QED) is 0.929. The van der Waals surface area contributed by atoms with Gasteiger partial charge >= 0.3 is 0 Å². The van der Waals surface area contributed by atoms with E-state index in [-0.39, 0.29) is 0 Å². The van der Waals surface area contributed by atoms with Crippen LogP contribution in [0.15, 0.2) is 12.1 Å². The minimum atomic E-state index is 0.744. The van der Waals surface area contributed by atoms with E-state index in [0.717, 1.165) is 30.9 Å². The summed E-state index contributed by atoms with van der Waals surface area (Å²) >= 11 is 0. The molecule has 0 spiro atoms. The Morgan fingerprint density at radius 2 is 2.10 bits per heavy atom. The molecule has 3 rings (SSSR count). The fraction of sp³-hybridized carbons (Fsp3) is 0.588. The molecule has 1 aromatic heterocycles. The van der Waals surface area contributed by atoms with Gasteiger partial charge in [0.05, 0.1) is 11.0 Å². The summed E-state index contributed by atoms with van der Waals surface area (Å²) in [4.78, 5) is 4.84. The van der Waals surface area contributed by atoms with E-state index in [4.69, 9.17) is 4.98 Å². The zero-order valence-corrected chi connectivity index (χ0v) is 12.9. The summed E-state index contributed by atoms with van der Waals surface area (Å²) < 4.78 is 2.46. The van der Waals surface area contributed by atoms with Crippen molar-refractivity contribution >= 4 is 11.0 Å². The van der Waals surface area contributed by atoms with Crippen LogP contribution in [0.5, 0.6) is 0 Å². The number of fused-ring (bicyclic) bond motifs is 1. The standard InChI is InChI=1S/C17H25N3/c1-4-17-19-15-8-12(2)13(3)9-16(15)20(17)11-14-6-5-7-18-10-14/h8-9,14,18H,4-7,10-11H2,1-3H3. The van der Waals surface area contributed by atoms with Gasteiger partial charge in [-0.15, -0.1) is 0 Å². The molecule has 1 unspecified atom stereocenters. The second kappa shape index (κ2) is 5.57. The van der Waals surface area contributed by atoms with Crippen molar-refractivity contribution in [3.05, 3.63) is 29.1 Å². The summed E-state index contributed by atoms with van der Waals surface area (Å²) in [7, 11) is 0. The van der Waals surface area contributed by atoms with Crippen LogP contribution in [0.4, 0.5) is 0 Å². The first kappa shape index (κ1) is 13.6. The Morgan fingerprint density at radius 1 is 1.30 bits per heavy atom. The second-order valence-corrected chi connectivity index (χ2v) is 6.13. The number of benzene rings is 1. The Labute approximate surface area is 121 Å². The smallest absolute Gasteiger partial charge is 0.109 e. The summed E-state index contributed by atoms with van der Waals surface area (Å²) in [5.74, 6) is 1.98. The van der Waals surface area contributed by atoms with Crippen molar-refractivity contribution in [3.8, 4) is 0 Å². The van der Waals surface area contributed by atoms with Crippen LogP contribution in [0.1, 0.15) is 36.7 Å². The van der Waals surface area contributed by atoms with Crippen molar-refractivity contribution in [3.63, 3.8) is 0 Å². The van der Waals surface area contributed by atoms with Crippen molar-refractivity contribution in [1.82, 2.24) is 14.9 Å². The van der Waals surface area contributed by atoms with Crippen LogP contribution in [0.2, 0.25) is 0 Å². The van der Waals surface area contributed by atoms with Crippen molar-refractivity contribution in [2.75, 3.05) is 13.1 Å². The number of nitrogens with zero attached hydrogens (tertiary/aromatic N) is 2. The van der Waals surface area contributed by atoms with Gasteiger partial charge in [0.15, 0.2) is 0 Å². The highest BCUT2D eigenvalue weighted by Crippen LogP contribution is 2.23. The number of hydrogen-bond acceptors (Lipinski definition) is 2. The largest absolute Gasteiger partial charge is 0.328 e. The third kappa shape index (κ3) is 2.47. The first-order valence-corrected chi connectivity index (χ1v) is 7.86. The second-order valence-electron chi connectivity index (χ2n) is 6.13. The number of hydrogen-bond donors (Lipinski definition) is 1. The normalized spacial score (nSPS) is 19.6. The molecule has 2 heterocycles. The van der Waals surface area contributed by atoms with Crippen molar-refractivity contribution in [2.45, 2.75) is 46.6 Å². The van der Waals surface area contributed by atoms with Crippen LogP contribution >= 0.6 is 0 Å². The Bertz CT molecular complexity index is 606. The van der Waals surface area contributed by atoms with Crippen LogP contribution < -0.4 is 5.32 Å². The van der Waals surface area contributed by atoms with Crippen LogP contribution in [-0.2, 0) is 13.0 Å². The van der Waals surface area contributed by atoms with Crippen LogP contribution in [0, 0.1) is 19.8 Å². The third-order valence-corrected chi connectivity index (χ3v) is 4.60. The Balaban J connectivity index is 2.00. The van der Waals surface area contributed by atoms with Crippen molar-refractivity contribution < 1.29 is 0 Å². The molecule has 1 saturated heterocycles. The fourth-order valence-electron chi connectivity index (χ4n) is 3.24. The van der Waals surface area contributed by atoms with E-state index in [1.54, 1.807) is 0 Å². The lowest BCUT2D eigenvalue weighted by Crippen LogP contribution is -2.32. The minimum absolute atomic E-state index is 0.744. The predicted molar refractivity (Wildman–Crippen MR) is 84.2 cm³/mol. The number of aromatic nitrogens is 2. The molecule has 0 aliphatic carbocycles. The van der Waals surface area contributed by atoms with Gasteiger partial charge < -0.3 is 9.88 Å². The summed E-state index contributed by atoms with van der Waals surface area (Å²) in [6.45, 7) is 10.0. The highest BCUT2D eigenvalue weighted by Gasteiger charge is 2.17. The molecule has 1 fully saturated rings. The Kier molecular flexibility index (Phi) is 3.79. The van der Waals surface area contributed by atoms with E-state index in [9.17, 15) is 0 Å². The average Bonchev–Trinajstić information content (AvgIpc) is 2.78. The molecule has 1 N–H and O–H groups in total. The molecule has 0 bridgehead atoms. The van der Waals surface area contributed by atoms with E-state index in [2.05, 4.69) is 42.8 Å². The van der Waals surface area contributed by atoms with Gasteiger partial charge in [-0.3, -0.25) is 0 Å². The number of aryl methyl sites for hydroxylation is 3. The lowest BCUT2D eigenvalue weighted by atomic mass is 9.99. The van der Waals surface area contributed by atoms with Gasteiger partial charge in [0, 0.05) is 13.0 Å². The van der Waals surface area contributed by atoms with Gasteiger partial charge in [-0.2, -0.15) is 0 Å². The topological polar surface area (TPSA) is 29.9 Å². The summed E-state index contributed by atoms with van der Waals surface area (Å²) in [6.07, 6.45) is 3.64. The molecule has 108 valence electrons. The van der Waals surface area contributed by atoms with Gasteiger partial charge in [0.25, 0.3) is 0 Å². The summed E-state index contributed by atoms with van der Waals surface area (Å²) in [5.41, 5.74) is 5.18. The Morgan fingerprint density at radius 3 is 2.80 bits per heavy atom. The average molecular weight is 271 g/mol. The maximum absolute atomic E-state index is 4.84. The van der Waals surface area contributed by atoms with Crippen molar-refractivity contribution in [1.29, 1.82) is 0 Å². The zero-order valence-electron chi connectivity index (χ0n) is 12.9. The number of rotatable bonds is 3. The molecule has 1 aliphatic heterocycles. The fourth-order valence-corrected chi connectivity index (χ4v) is 3.24. The van der Waals surface area contributed by atoms with Crippen molar-refractivity contribution in [2.24, 2.45) is 5.92 Å². The van der Waals surface area contributed by atoms with Gasteiger partial charge in [0.2, 0.25) is 0 Å². The molecule has 0 amide bonds. The number of piperidine rings is 1. The molecule has 2 aromatic rings. The van der Waals surface area contributed by atoms with Gasteiger partial charge in [-0.1, -0.05) is 6.92 Å². The maximum atomic E-state index is 4.84. The number of nitrogens with one attached hydrogen (secondary N) is 1. The van der Waals surface area contributed by atoms with E-state index >= 15 is 0 Å². The lowest BCUT2D eigenvalue weighted by Gasteiger charge is -2.24. The SMILES string of the molecule is CCc1nc2cc(C)c(C)cc2n1CC1CCCNC1. The Hall–Kier alpha value is -1.35. The maximum Gasteiger partial charge on any atom is 0.109 e. The molecule has 20 heavy (non-hydrogen) atoms. The highest BCUT2D eigenvalue weighted by molar-refractivity contribution is 5.78. The molecule has 1 atom stereocenters. The highest BCUT2D eigenvalue weighted by atomic mass is 15.1. The van der Waals surface area contributed by atoms with Crippen LogP contribution in [-0.4, -0.2) is 22.6 Å². The zero-order chi connectivity index (χ0) is 14.1. The first-order valence-electron chi connectivity index (χ1n) is 7.86. The van der Waals surface area contributed by atoms with Crippen LogP contribution in [0.3, 0.4) is 0 Å². The van der Waals surface area contributed by atoms with E-state index in [0.29, 0.717) is 0 Å². The molecule has 0 radical (unpaired) electrons. The molecular formula is C17H25N3. The third-order valence-electron chi connectivity index (χ3n) is 4.60. The minimum Gasteiger partial charge on any atom is -0.328 e.